The number of carbonyl (C=O) groups is 1. The Morgan fingerprint density at radius 2 is 2.26 bits per heavy atom. The van der Waals surface area contributed by atoms with E-state index in [1.165, 1.54) is 6.07 Å². The molecular formula is C13H12N2O4. The average Bonchev–Trinajstić information content (AvgIpc) is 2.42. The molecule has 1 amide bonds. The Balaban J connectivity index is 2.23. The fraction of sp³-hybridized carbons (Fsp3) is 0.154. The molecule has 0 saturated carbocycles. The van der Waals surface area contributed by atoms with Crippen molar-refractivity contribution in [3.05, 3.63) is 47.1 Å². The largest absolute Gasteiger partial charge is 0.450 e. The summed E-state index contributed by atoms with van der Waals surface area (Å²) in [4.78, 5) is 26.8. The van der Waals surface area contributed by atoms with E-state index in [1.54, 1.807) is 37.5 Å². The zero-order chi connectivity index (χ0) is 13.7. The lowest BCUT2D eigenvalue weighted by atomic mass is 10.2. The van der Waals surface area contributed by atoms with Crippen LogP contribution in [0.1, 0.15) is 6.92 Å². The van der Waals surface area contributed by atoms with Gasteiger partial charge in [0.15, 0.2) is 0 Å². The summed E-state index contributed by atoms with van der Waals surface area (Å²) < 4.78 is 9.78. The molecule has 0 aromatic carbocycles. The Morgan fingerprint density at radius 3 is 2.89 bits per heavy atom. The number of amides is 1. The zero-order valence-electron chi connectivity index (χ0n) is 10.3. The van der Waals surface area contributed by atoms with E-state index < -0.39 is 11.7 Å². The zero-order valence-corrected chi connectivity index (χ0v) is 10.3. The lowest BCUT2D eigenvalue weighted by molar-refractivity contribution is 0.168. The lowest BCUT2D eigenvalue weighted by Gasteiger charge is -2.04. The number of ether oxygens (including phenoxy) is 1. The second-order valence-electron chi connectivity index (χ2n) is 3.59. The van der Waals surface area contributed by atoms with E-state index in [0.717, 1.165) is 0 Å². The molecule has 0 saturated heterocycles. The lowest BCUT2D eigenvalue weighted by Crippen LogP contribution is -2.18. The molecule has 2 rings (SSSR count). The third-order valence-electron chi connectivity index (χ3n) is 2.28. The Kier molecular flexibility index (Phi) is 3.92. The van der Waals surface area contributed by atoms with Crippen molar-refractivity contribution in [2.45, 2.75) is 6.92 Å². The van der Waals surface area contributed by atoms with Gasteiger partial charge in [0.1, 0.15) is 11.4 Å². The first kappa shape index (κ1) is 12.8. The predicted octanol–water partition coefficient (Wildman–Crippen LogP) is 2.27. The van der Waals surface area contributed by atoms with Crippen molar-refractivity contribution in [3.8, 4) is 11.3 Å². The Morgan fingerprint density at radius 1 is 1.42 bits per heavy atom. The van der Waals surface area contributed by atoms with Gasteiger partial charge in [-0.25, -0.2) is 9.59 Å². The highest BCUT2D eigenvalue weighted by atomic mass is 16.5. The molecule has 1 N–H and O–H groups in total. The second kappa shape index (κ2) is 5.81. The molecule has 6 heteroatoms. The van der Waals surface area contributed by atoms with E-state index >= 15 is 0 Å². The number of rotatable bonds is 3. The highest BCUT2D eigenvalue weighted by Crippen LogP contribution is 2.17. The van der Waals surface area contributed by atoms with Gasteiger partial charge in [0.05, 0.1) is 6.61 Å². The van der Waals surface area contributed by atoms with Gasteiger partial charge in [-0.3, -0.25) is 10.3 Å². The molecule has 98 valence electrons. The molecule has 0 bridgehead atoms. The number of hydrogen-bond donors (Lipinski definition) is 1. The van der Waals surface area contributed by atoms with Crippen LogP contribution >= 0.6 is 0 Å². The van der Waals surface area contributed by atoms with Crippen LogP contribution in [0.15, 0.2) is 45.9 Å². The van der Waals surface area contributed by atoms with Crippen molar-refractivity contribution in [2.75, 3.05) is 11.9 Å². The maximum atomic E-state index is 11.7. The third-order valence-corrected chi connectivity index (χ3v) is 2.28. The van der Waals surface area contributed by atoms with Gasteiger partial charge in [0.2, 0.25) is 0 Å². The first-order valence-corrected chi connectivity index (χ1v) is 5.69. The van der Waals surface area contributed by atoms with E-state index in [0.29, 0.717) is 11.3 Å². The fourth-order valence-corrected chi connectivity index (χ4v) is 1.45. The number of hydrogen-bond acceptors (Lipinski definition) is 5. The summed E-state index contributed by atoms with van der Waals surface area (Å²) in [6.45, 7) is 1.90. The number of anilines is 1. The molecule has 0 unspecified atom stereocenters. The first-order valence-electron chi connectivity index (χ1n) is 5.69. The molecule has 0 fully saturated rings. The molecule has 6 nitrogen and oxygen atoms in total. The van der Waals surface area contributed by atoms with Crippen LogP contribution in [0.5, 0.6) is 0 Å². The fourth-order valence-electron chi connectivity index (χ4n) is 1.45. The first-order chi connectivity index (χ1) is 9.20. The monoisotopic (exact) mass is 260 g/mol. The minimum Gasteiger partial charge on any atom is -0.450 e. The van der Waals surface area contributed by atoms with Crippen molar-refractivity contribution in [3.63, 3.8) is 0 Å². The summed E-state index contributed by atoms with van der Waals surface area (Å²) in [5.74, 6) is 0.382. The number of pyridine rings is 1. The molecule has 0 radical (unpaired) electrons. The van der Waals surface area contributed by atoms with Crippen molar-refractivity contribution in [1.82, 2.24) is 4.98 Å². The normalized spacial score (nSPS) is 9.95. The number of aromatic nitrogens is 1. The van der Waals surface area contributed by atoms with Crippen molar-refractivity contribution in [2.24, 2.45) is 0 Å². The molecule has 0 aliphatic heterocycles. The molecule has 2 aromatic rings. The SMILES string of the molecule is CCOC(=O)Nc1ccc(-c2cccnc2)oc1=O. The molecule has 0 atom stereocenters. The smallest absolute Gasteiger partial charge is 0.411 e. The topological polar surface area (TPSA) is 81.4 Å². The molecule has 2 aromatic heterocycles. The highest BCUT2D eigenvalue weighted by Gasteiger charge is 2.09. The minimum absolute atomic E-state index is 0.0334. The highest BCUT2D eigenvalue weighted by molar-refractivity contribution is 5.84. The molecule has 0 aliphatic carbocycles. The summed E-state index contributed by atoms with van der Waals surface area (Å²) in [5, 5.41) is 2.31. The van der Waals surface area contributed by atoms with E-state index in [-0.39, 0.29) is 12.3 Å². The van der Waals surface area contributed by atoms with Crippen molar-refractivity contribution >= 4 is 11.8 Å². The van der Waals surface area contributed by atoms with Gasteiger partial charge in [0.25, 0.3) is 0 Å². The Bertz CT molecular complexity index is 622. The van der Waals surface area contributed by atoms with E-state index in [4.69, 9.17) is 4.42 Å². The van der Waals surface area contributed by atoms with Crippen LogP contribution < -0.4 is 10.9 Å². The van der Waals surface area contributed by atoms with E-state index in [9.17, 15) is 9.59 Å². The summed E-state index contributed by atoms with van der Waals surface area (Å²) >= 11 is 0. The standard InChI is InChI=1S/C13H12N2O4/c1-2-18-13(17)15-10-5-6-11(19-12(10)16)9-4-3-7-14-8-9/h3-8H,2H2,1H3,(H,15,17). The number of nitrogens with zero attached hydrogens (tertiary/aromatic N) is 1. The van der Waals surface area contributed by atoms with Gasteiger partial charge in [-0.15, -0.1) is 0 Å². The van der Waals surface area contributed by atoms with Crippen LogP contribution in [-0.2, 0) is 4.74 Å². The van der Waals surface area contributed by atoms with Gasteiger partial charge in [-0.1, -0.05) is 0 Å². The van der Waals surface area contributed by atoms with Gasteiger partial charge >= 0.3 is 11.7 Å². The molecule has 0 aliphatic rings. The molecule has 19 heavy (non-hydrogen) atoms. The van der Waals surface area contributed by atoms with Gasteiger partial charge in [0, 0.05) is 18.0 Å². The van der Waals surface area contributed by atoms with Crippen LogP contribution in [0.3, 0.4) is 0 Å². The van der Waals surface area contributed by atoms with Crippen LogP contribution in [-0.4, -0.2) is 17.7 Å². The number of carbonyl (C=O) groups excluding carboxylic acids is 1. The molecule has 0 spiro atoms. The quantitative estimate of drug-likeness (QED) is 0.915. The predicted molar refractivity (Wildman–Crippen MR) is 68.9 cm³/mol. The third kappa shape index (κ3) is 3.19. The second-order valence-corrected chi connectivity index (χ2v) is 3.59. The maximum absolute atomic E-state index is 11.7. The number of nitrogens with one attached hydrogen (secondary N) is 1. The van der Waals surface area contributed by atoms with Crippen LogP contribution in [0.25, 0.3) is 11.3 Å². The molecular weight excluding hydrogens is 248 g/mol. The minimum atomic E-state index is -0.691. The van der Waals surface area contributed by atoms with E-state index in [1.807, 2.05) is 0 Å². The molecule has 2 heterocycles. The average molecular weight is 260 g/mol. The van der Waals surface area contributed by atoms with Crippen molar-refractivity contribution < 1.29 is 13.9 Å². The summed E-state index contributed by atoms with van der Waals surface area (Å²) in [6, 6.07) is 6.55. The summed E-state index contributed by atoms with van der Waals surface area (Å²) in [7, 11) is 0. The van der Waals surface area contributed by atoms with Crippen LogP contribution in [0.2, 0.25) is 0 Å². The summed E-state index contributed by atoms with van der Waals surface area (Å²) in [5.41, 5.74) is 0.0720. The van der Waals surface area contributed by atoms with E-state index in [2.05, 4.69) is 15.0 Å². The maximum Gasteiger partial charge on any atom is 0.411 e. The van der Waals surface area contributed by atoms with Crippen LogP contribution in [0.4, 0.5) is 10.5 Å². The van der Waals surface area contributed by atoms with Crippen molar-refractivity contribution in [1.29, 1.82) is 0 Å². The van der Waals surface area contributed by atoms with Crippen LogP contribution in [0, 0.1) is 0 Å². The Labute approximate surface area is 109 Å². The van der Waals surface area contributed by atoms with Gasteiger partial charge < -0.3 is 9.15 Å². The van der Waals surface area contributed by atoms with Gasteiger partial charge in [-0.2, -0.15) is 0 Å². The van der Waals surface area contributed by atoms with Gasteiger partial charge in [-0.05, 0) is 31.2 Å². The Hall–Kier alpha value is -2.63. The summed E-state index contributed by atoms with van der Waals surface area (Å²) in [6.07, 6.45) is 2.51.